The minimum atomic E-state index is -0.497. The van der Waals surface area contributed by atoms with Crippen LogP contribution in [0, 0.1) is 11.8 Å². The molecule has 0 radical (unpaired) electrons. The zero-order valence-electron chi connectivity index (χ0n) is 10.3. The van der Waals surface area contributed by atoms with Crippen molar-refractivity contribution in [2.45, 2.75) is 44.1 Å². The number of amides is 3. The quantitative estimate of drug-likeness (QED) is 0.709. The number of fused-ring (bicyclic) bond motifs is 2. The molecule has 6 nitrogen and oxygen atoms in total. The lowest BCUT2D eigenvalue weighted by atomic mass is 9.76. The Morgan fingerprint density at radius 3 is 2.94 bits per heavy atom. The molecule has 0 aromatic rings. The van der Waals surface area contributed by atoms with Crippen molar-refractivity contribution in [2.75, 3.05) is 7.11 Å². The molecule has 3 amide bonds. The summed E-state index contributed by atoms with van der Waals surface area (Å²) in [7, 11) is 1.69. The van der Waals surface area contributed by atoms with Gasteiger partial charge in [0.05, 0.1) is 18.1 Å². The maximum absolute atomic E-state index is 11.8. The van der Waals surface area contributed by atoms with Gasteiger partial charge in [-0.3, -0.25) is 10.1 Å². The second kappa shape index (κ2) is 4.51. The smallest absolute Gasteiger partial charge is 0.323 e. The van der Waals surface area contributed by atoms with E-state index in [1.54, 1.807) is 7.11 Å². The molecule has 18 heavy (non-hydrogen) atoms. The van der Waals surface area contributed by atoms with Gasteiger partial charge in [-0.2, -0.15) is 0 Å². The fourth-order valence-corrected chi connectivity index (χ4v) is 3.38. The third-order valence-electron chi connectivity index (χ3n) is 4.27. The van der Waals surface area contributed by atoms with E-state index in [0.717, 1.165) is 25.7 Å². The van der Waals surface area contributed by atoms with E-state index in [9.17, 15) is 9.59 Å². The molecule has 2 N–H and O–H groups in total. The normalized spacial score (nSPS) is 43.5. The first-order valence-electron chi connectivity index (χ1n) is 6.48. The second-order valence-corrected chi connectivity index (χ2v) is 5.29. The first-order chi connectivity index (χ1) is 8.69. The first-order valence-corrected chi connectivity index (χ1v) is 6.48. The van der Waals surface area contributed by atoms with Gasteiger partial charge in [0.2, 0.25) is 5.91 Å². The van der Waals surface area contributed by atoms with Crippen molar-refractivity contribution >= 4 is 11.9 Å². The van der Waals surface area contributed by atoms with Gasteiger partial charge in [-0.25, -0.2) is 4.79 Å². The standard InChI is InChI=1S/C12H18N2O4/c1-17-8-4-2-3-6-5-7-10(15)13-12(16)14-11(7)18-9(6)8/h6-9,11H,2-5H2,1H3,(H2,13,14,15,16). The summed E-state index contributed by atoms with van der Waals surface area (Å²) in [5.41, 5.74) is 0. The number of hydrogen-bond acceptors (Lipinski definition) is 4. The number of rotatable bonds is 1. The van der Waals surface area contributed by atoms with Crippen molar-refractivity contribution < 1.29 is 19.1 Å². The van der Waals surface area contributed by atoms with Crippen LogP contribution in [0.15, 0.2) is 0 Å². The predicted molar refractivity (Wildman–Crippen MR) is 61.6 cm³/mol. The monoisotopic (exact) mass is 254 g/mol. The van der Waals surface area contributed by atoms with E-state index in [0.29, 0.717) is 5.92 Å². The third kappa shape index (κ3) is 1.89. The highest BCUT2D eigenvalue weighted by atomic mass is 16.6. The second-order valence-electron chi connectivity index (χ2n) is 5.29. The Kier molecular flexibility index (Phi) is 2.99. The van der Waals surface area contributed by atoms with Crippen molar-refractivity contribution in [1.29, 1.82) is 0 Å². The van der Waals surface area contributed by atoms with E-state index in [4.69, 9.17) is 9.47 Å². The molecular formula is C12H18N2O4. The minimum Gasteiger partial charge on any atom is -0.379 e. The van der Waals surface area contributed by atoms with E-state index >= 15 is 0 Å². The predicted octanol–water partition coefficient (Wildman–Crippen LogP) is 0.372. The van der Waals surface area contributed by atoms with Crippen LogP contribution in [0.3, 0.4) is 0 Å². The average Bonchev–Trinajstić information content (AvgIpc) is 2.36. The summed E-state index contributed by atoms with van der Waals surface area (Å²) in [4.78, 5) is 23.1. The zero-order valence-corrected chi connectivity index (χ0v) is 10.3. The van der Waals surface area contributed by atoms with Crippen LogP contribution < -0.4 is 10.6 Å². The zero-order chi connectivity index (χ0) is 12.7. The van der Waals surface area contributed by atoms with Crippen LogP contribution in [0.2, 0.25) is 0 Å². The maximum atomic E-state index is 11.8. The maximum Gasteiger partial charge on any atom is 0.323 e. The van der Waals surface area contributed by atoms with Gasteiger partial charge in [0, 0.05) is 7.11 Å². The summed E-state index contributed by atoms with van der Waals surface area (Å²) in [5.74, 6) is -0.132. The molecule has 0 aromatic heterocycles. The average molecular weight is 254 g/mol. The SMILES string of the molecule is COC1CCCC2CC3C(=O)NC(=O)NC3OC21. The van der Waals surface area contributed by atoms with Crippen LogP contribution >= 0.6 is 0 Å². The molecule has 3 aliphatic rings. The van der Waals surface area contributed by atoms with Crippen LogP contribution in [-0.4, -0.2) is 37.5 Å². The van der Waals surface area contributed by atoms with Gasteiger partial charge >= 0.3 is 6.03 Å². The number of imide groups is 1. The topological polar surface area (TPSA) is 76.7 Å². The Labute approximate surface area is 105 Å². The van der Waals surface area contributed by atoms with E-state index in [2.05, 4.69) is 10.6 Å². The highest BCUT2D eigenvalue weighted by Crippen LogP contribution is 2.39. The summed E-state index contributed by atoms with van der Waals surface area (Å²) < 4.78 is 11.4. The molecule has 2 aliphatic heterocycles. The molecule has 3 fully saturated rings. The minimum absolute atomic E-state index is 0.00352. The molecule has 0 spiro atoms. The fraction of sp³-hybridized carbons (Fsp3) is 0.833. The molecule has 1 saturated carbocycles. The molecule has 0 aromatic carbocycles. The molecular weight excluding hydrogens is 236 g/mol. The van der Waals surface area contributed by atoms with Gasteiger partial charge in [-0.15, -0.1) is 0 Å². The van der Waals surface area contributed by atoms with E-state index in [1.807, 2.05) is 0 Å². The summed E-state index contributed by atoms with van der Waals surface area (Å²) in [6.45, 7) is 0. The van der Waals surface area contributed by atoms with Gasteiger partial charge in [-0.1, -0.05) is 6.42 Å². The van der Waals surface area contributed by atoms with Gasteiger partial charge in [-0.05, 0) is 25.2 Å². The van der Waals surface area contributed by atoms with Gasteiger partial charge in [0.25, 0.3) is 0 Å². The van der Waals surface area contributed by atoms with Crippen LogP contribution in [-0.2, 0) is 14.3 Å². The molecule has 3 rings (SSSR count). The van der Waals surface area contributed by atoms with Crippen molar-refractivity contribution in [3.63, 3.8) is 0 Å². The Morgan fingerprint density at radius 2 is 2.17 bits per heavy atom. The number of carbonyl (C=O) groups excluding carboxylic acids is 2. The Morgan fingerprint density at radius 1 is 1.33 bits per heavy atom. The van der Waals surface area contributed by atoms with Crippen molar-refractivity contribution in [3.05, 3.63) is 0 Å². The van der Waals surface area contributed by atoms with Crippen molar-refractivity contribution in [2.24, 2.45) is 11.8 Å². The molecule has 5 atom stereocenters. The van der Waals surface area contributed by atoms with E-state index < -0.39 is 12.3 Å². The summed E-state index contributed by atoms with van der Waals surface area (Å²) in [6.07, 6.45) is 3.49. The highest BCUT2D eigenvalue weighted by Gasteiger charge is 2.48. The van der Waals surface area contributed by atoms with Crippen LogP contribution in [0.4, 0.5) is 4.79 Å². The third-order valence-corrected chi connectivity index (χ3v) is 4.27. The lowest BCUT2D eigenvalue weighted by Gasteiger charge is -2.47. The molecule has 6 heteroatoms. The number of carbonyl (C=O) groups is 2. The van der Waals surface area contributed by atoms with Crippen LogP contribution in [0.5, 0.6) is 0 Å². The summed E-state index contributed by atoms with van der Waals surface area (Å²) in [6, 6.07) is -0.468. The molecule has 2 saturated heterocycles. The summed E-state index contributed by atoms with van der Waals surface area (Å²) in [5, 5.41) is 4.98. The van der Waals surface area contributed by atoms with Gasteiger partial charge in [0.1, 0.15) is 6.23 Å². The first kappa shape index (κ1) is 11.9. The number of hydrogen-bond donors (Lipinski definition) is 2. The van der Waals surface area contributed by atoms with Crippen LogP contribution in [0.25, 0.3) is 0 Å². The number of urea groups is 1. The number of nitrogens with one attached hydrogen (secondary N) is 2. The number of ether oxygens (including phenoxy) is 2. The lowest BCUT2D eigenvalue weighted by Crippen LogP contribution is -2.64. The van der Waals surface area contributed by atoms with Gasteiger partial charge in [0.15, 0.2) is 0 Å². The van der Waals surface area contributed by atoms with Crippen molar-refractivity contribution in [3.8, 4) is 0 Å². The molecule has 0 bridgehead atoms. The molecule has 2 heterocycles. The fourth-order valence-electron chi connectivity index (χ4n) is 3.38. The Hall–Kier alpha value is -1.14. The Bertz CT molecular complexity index is 373. The van der Waals surface area contributed by atoms with Crippen LogP contribution in [0.1, 0.15) is 25.7 Å². The lowest BCUT2D eigenvalue weighted by molar-refractivity contribution is -0.190. The van der Waals surface area contributed by atoms with Crippen molar-refractivity contribution in [1.82, 2.24) is 10.6 Å². The van der Waals surface area contributed by atoms with E-state index in [1.165, 1.54) is 0 Å². The largest absolute Gasteiger partial charge is 0.379 e. The molecule has 1 aliphatic carbocycles. The molecule has 5 unspecified atom stereocenters. The Balaban J connectivity index is 1.78. The highest BCUT2D eigenvalue weighted by molar-refractivity contribution is 5.98. The molecule has 100 valence electrons. The number of methoxy groups -OCH3 is 1. The van der Waals surface area contributed by atoms with Gasteiger partial charge < -0.3 is 14.8 Å². The van der Waals surface area contributed by atoms with E-state index in [-0.39, 0.29) is 24.0 Å². The summed E-state index contributed by atoms with van der Waals surface area (Å²) >= 11 is 0.